The van der Waals surface area contributed by atoms with Gasteiger partial charge < -0.3 is 30.7 Å². The summed E-state index contributed by atoms with van der Waals surface area (Å²) in [5.74, 6) is -0.785. The predicted molar refractivity (Wildman–Crippen MR) is 166 cm³/mol. The Balaban J connectivity index is 0.00000257. The highest BCUT2D eigenvalue weighted by Gasteiger charge is 2.27. The van der Waals surface area contributed by atoms with Crippen LogP contribution in [0.3, 0.4) is 0 Å². The third-order valence-corrected chi connectivity index (χ3v) is 6.32. The maximum absolute atomic E-state index is 12.5. The zero-order valence-corrected chi connectivity index (χ0v) is 26.5. The van der Waals surface area contributed by atoms with E-state index < -0.39 is 36.0 Å². The van der Waals surface area contributed by atoms with Gasteiger partial charge in [0.15, 0.2) is 0 Å². The number of nitrogens with one attached hydrogen (secondary N) is 4. The standard InChI is InChI=1S/C25H34N4O7.C3H8S.C2H6/c1-3-20(29-25(34)36-16-17-8-6-5-7-9-17)24(33)27-15-21(30)28-19(10-11-22(31)35-4-2)14-18-12-13-26-23(18)32;1-3-4-2;1-2/h5-11,18-20H,3-4,12-16H2,1-2H3,(H,26,32)(H,27,33)(H,28,30)(H,29,34);3H2,1-2H3;1-2H3/b11-10+;;. The van der Waals surface area contributed by atoms with E-state index in [9.17, 15) is 24.0 Å². The van der Waals surface area contributed by atoms with E-state index in [0.717, 1.165) is 5.56 Å². The van der Waals surface area contributed by atoms with Crippen LogP contribution in [-0.2, 0) is 35.3 Å². The molecule has 1 saturated heterocycles. The van der Waals surface area contributed by atoms with E-state index in [1.807, 2.05) is 55.9 Å². The first kappa shape index (κ1) is 38.5. The SMILES string of the molecule is CC.CCOC(=O)/C=C/C(CC1CCNC1=O)NC(=O)CNC(=O)C(CC)NC(=O)OCc1ccccc1.CCSC. The van der Waals surface area contributed by atoms with E-state index in [0.29, 0.717) is 19.4 Å². The van der Waals surface area contributed by atoms with E-state index in [4.69, 9.17) is 9.47 Å². The second-order valence-electron chi connectivity index (χ2n) is 8.76. The molecule has 1 aliphatic rings. The van der Waals surface area contributed by atoms with E-state index in [-0.39, 0.29) is 38.0 Å². The number of rotatable bonds is 14. The number of carbonyl (C=O) groups excluding carboxylic acids is 5. The van der Waals surface area contributed by atoms with E-state index >= 15 is 0 Å². The van der Waals surface area contributed by atoms with Gasteiger partial charge >= 0.3 is 12.1 Å². The largest absolute Gasteiger partial charge is 0.463 e. The summed E-state index contributed by atoms with van der Waals surface area (Å²) in [5.41, 5.74) is 0.809. The summed E-state index contributed by atoms with van der Waals surface area (Å²) >= 11 is 1.86. The molecule has 11 nitrogen and oxygen atoms in total. The van der Waals surface area contributed by atoms with Gasteiger partial charge in [0, 0.05) is 24.6 Å². The minimum atomic E-state index is -0.886. The number of amides is 4. The van der Waals surface area contributed by atoms with Crippen molar-refractivity contribution in [3.63, 3.8) is 0 Å². The average Bonchev–Trinajstić information content (AvgIpc) is 3.41. The molecule has 1 fully saturated rings. The molecule has 4 amide bonds. The van der Waals surface area contributed by atoms with Crippen LogP contribution >= 0.6 is 11.8 Å². The summed E-state index contributed by atoms with van der Waals surface area (Å²) in [4.78, 5) is 60.7. The number of alkyl carbamates (subject to hydrolysis) is 1. The van der Waals surface area contributed by atoms with E-state index in [2.05, 4.69) is 34.4 Å². The Morgan fingerprint density at radius 3 is 2.29 bits per heavy atom. The molecule has 0 aromatic heterocycles. The lowest BCUT2D eigenvalue weighted by molar-refractivity contribution is -0.137. The molecular formula is C30H48N4O7S. The maximum atomic E-state index is 12.5. The Bertz CT molecular complexity index is 974. The van der Waals surface area contributed by atoms with Gasteiger partial charge in [-0.15, -0.1) is 0 Å². The summed E-state index contributed by atoms with van der Waals surface area (Å²) in [6, 6.07) is 7.62. The van der Waals surface area contributed by atoms with Crippen molar-refractivity contribution in [3.8, 4) is 0 Å². The molecule has 0 saturated carbocycles. The van der Waals surface area contributed by atoms with Gasteiger partial charge in [-0.25, -0.2) is 9.59 Å². The van der Waals surface area contributed by atoms with Crippen molar-refractivity contribution in [3.05, 3.63) is 48.0 Å². The molecule has 12 heteroatoms. The zero-order valence-electron chi connectivity index (χ0n) is 25.7. The van der Waals surface area contributed by atoms with E-state index in [1.165, 1.54) is 17.9 Å². The second kappa shape index (κ2) is 24.1. The molecule has 3 unspecified atom stereocenters. The quantitative estimate of drug-likeness (QED) is 0.185. The average molecular weight is 609 g/mol. The lowest BCUT2D eigenvalue weighted by Gasteiger charge is -2.19. The van der Waals surface area contributed by atoms with Crippen molar-refractivity contribution < 1.29 is 33.4 Å². The Morgan fingerprint density at radius 2 is 1.74 bits per heavy atom. The summed E-state index contributed by atoms with van der Waals surface area (Å²) < 4.78 is 10.00. The zero-order chi connectivity index (χ0) is 31.8. The van der Waals surface area contributed by atoms with Crippen LogP contribution in [-0.4, -0.2) is 73.6 Å². The molecule has 4 N–H and O–H groups in total. The Morgan fingerprint density at radius 1 is 1.07 bits per heavy atom. The van der Waals surface area contributed by atoms with E-state index in [1.54, 1.807) is 13.8 Å². The fraction of sp³-hybridized carbons (Fsp3) is 0.567. The molecule has 1 aromatic carbocycles. The number of carbonyl (C=O) groups is 5. The summed E-state index contributed by atoms with van der Waals surface area (Å²) in [7, 11) is 0. The highest BCUT2D eigenvalue weighted by molar-refractivity contribution is 7.98. The van der Waals surface area contributed by atoms with Crippen molar-refractivity contribution >= 4 is 41.5 Å². The number of esters is 1. The Labute approximate surface area is 254 Å². The molecule has 1 heterocycles. The van der Waals surface area contributed by atoms with Crippen LogP contribution in [0.1, 0.15) is 59.4 Å². The number of hydrogen-bond donors (Lipinski definition) is 4. The van der Waals surface area contributed by atoms with Crippen LogP contribution in [0.5, 0.6) is 0 Å². The Hall–Kier alpha value is -3.54. The molecule has 0 spiro atoms. The van der Waals surface area contributed by atoms with Gasteiger partial charge in [-0.2, -0.15) is 11.8 Å². The van der Waals surface area contributed by atoms with Gasteiger partial charge in [-0.3, -0.25) is 14.4 Å². The number of benzene rings is 1. The van der Waals surface area contributed by atoms with Crippen LogP contribution < -0.4 is 21.3 Å². The molecule has 0 aliphatic carbocycles. The van der Waals surface area contributed by atoms with Crippen LogP contribution in [0, 0.1) is 5.92 Å². The van der Waals surface area contributed by atoms with Crippen LogP contribution in [0.2, 0.25) is 0 Å². The first-order valence-corrected chi connectivity index (χ1v) is 15.8. The monoisotopic (exact) mass is 608 g/mol. The third kappa shape index (κ3) is 17.3. The van der Waals surface area contributed by atoms with Crippen molar-refractivity contribution in [1.82, 2.24) is 21.3 Å². The first-order chi connectivity index (χ1) is 20.2. The minimum absolute atomic E-state index is 0.0624. The molecule has 0 bridgehead atoms. The molecule has 1 aliphatic heterocycles. The van der Waals surface area contributed by atoms with Crippen molar-refractivity contribution in [2.45, 2.75) is 72.6 Å². The molecule has 3 atom stereocenters. The van der Waals surface area contributed by atoms with Gasteiger partial charge in [-0.05, 0) is 43.8 Å². The Kier molecular flexibility index (Phi) is 22.1. The first-order valence-electron chi connectivity index (χ1n) is 14.4. The highest BCUT2D eigenvalue weighted by Crippen LogP contribution is 2.17. The van der Waals surface area contributed by atoms with Gasteiger partial charge in [0.2, 0.25) is 17.7 Å². The van der Waals surface area contributed by atoms with Crippen molar-refractivity contribution in [2.75, 3.05) is 31.7 Å². The summed E-state index contributed by atoms with van der Waals surface area (Å²) in [5, 5.41) is 10.4. The van der Waals surface area contributed by atoms with Gasteiger partial charge in [0.05, 0.1) is 13.2 Å². The molecule has 236 valence electrons. The maximum Gasteiger partial charge on any atom is 0.408 e. The molecule has 2 rings (SSSR count). The second-order valence-corrected chi connectivity index (χ2v) is 9.91. The van der Waals surface area contributed by atoms with Crippen molar-refractivity contribution in [2.24, 2.45) is 5.92 Å². The predicted octanol–water partition coefficient (Wildman–Crippen LogP) is 3.33. The van der Waals surface area contributed by atoms with Gasteiger partial charge in [0.1, 0.15) is 12.6 Å². The number of ether oxygens (including phenoxy) is 2. The lowest BCUT2D eigenvalue weighted by atomic mass is 9.98. The smallest absolute Gasteiger partial charge is 0.408 e. The summed E-state index contributed by atoms with van der Waals surface area (Å²) in [6.45, 7) is 10.0. The number of thioether (sulfide) groups is 1. The number of hydrogen-bond acceptors (Lipinski definition) is 8. The molecule has 42 heavy (non-hydrogen) atoms. The van der Waals surface area contributed by atoms with Crippen LogP contribution in [0.25, 0.3) is 0 Å². The fourth-order valence-corrected chi connectivity index (χ4v) is 3.56. The van der Waals surface area contributed by atoms with Gasteiger partial charge in [-0.1, -0.05) is 64.1 Å². The van der Waals surface area contributed by atoms with Crippen LogP contribution in [0.15, 0.2) is 42.5 Å². The fourth-order valence-electron chi connectivity index (χ4n) is 3.56. The highest BCUT2D eigenvalue weighted by atomic mass is 32.2. The lowest BCUT2D eigenvalue weighted by Crippen LogP contribution is -2.49. The third-order valence-electron chi connectivity index (χ3n) is 5.74. The minimum Gasteiger partial charge on any atom is -0.463 e. The molecule has 1 aromatic rings. The molecule has 0 radical (unpaired) electrons. The topological polar surface area (TPSA) is 152 Å². The normalized spacial score (nSPS) is 15.0. The van der Waals surface area contributed by atoms with Crippen molar-refractivity contribution in [1.29, 1.82) is 0 Å². The molecular weight excluding hydrogens is 560 g/mol. The van der Waals surface area contributed by atoms with Crippen LogP contribution in [0.4, 0.5) is 4.79 Å². The summed E-state index contributed by atoms with van der Waals surface area (Å²) in [6.07, 6.45) is 5.24. The van der Waals surface area contributed by atoms with Gasteiger partial charge in [0.25, 0.3) is 0 Å².